The van der Waals surface area contributed by atoms with E-state index < -0.39 is 18.1 Å². The molecule has 1 aliphatic heterocycles. The van der Waals surface area contributed by atoms with E-state index in [1.165, 1.54) is 0 Å². The van der Waals surface area contributed by atoms with Gasteiger partial charge in [-0.1, -0.05) is 25.1 Å². The summed E-state index contributed by atoms with van der Waals surface area (Å²) < 4.78 is 22.8. The zero-order valence-electron chi connectivity index (χ0n) is 18.2. The van der Waals surface area contributed by atoms with Gasteiger partial charge >= 0.3 is 6.09 Å². The molecule has 5 rings (SSSR count). The molecule has 168 valence electrons. The van der Waals surface area contributed by atoms with Gasteiger partial charge in [-0.2, -0.15) is 0 Å². The molecule has 0 spiro atoms. The first-order chi connectivity index (χ1) is 16.0. The van der Waals surface area contributed by atoms with E-state index in [1.807, 2.05) is 50.2 Å². The Bertz CT molecular complexity index is 1320. The quantitative estimate of drug-likeness (QED) is 0.375. The van der Waals surface area contributed by atoms with Crippen LogP contribution in [-0.4, -0.2) is 28.4 Å². The number of oxazole rings is 1. The molecule has 3 heterocycles. The molecular formula is C25H22N2O6. The zero-order chi connectivity index (χ0) is 22.9. The van der Waals surface area contributed by atoms with Gasteiger partial charge in [0.2, 0.25) is 12.0 Å². The highest BCUT2D eigenvalue weighted by Gasteiger charge is 2.43. The number of nitrogens with zero attached hydrogens (tertiary/aromatic N) is 2. The van der Waals surface area contributed by atoms with Crippen LogP contribution in [0.4, 0.5) is 4.79 Å². The molecule has 4 aromatic rings. The number of aryl methyl sites for hydroxylation is 1. The molecule has 2 aromatic carbocycles. The molecule has 0 aliphatic carbocycles. The fourth-order valence-corrected chi connectivity index (χ4v) is 3.72. The van der Waals surface area contributed by atoms with Gasteiger partial charge in [0, 0.05) is 23.6 Å². The third-order valence-electron chi connectivity index (χ3n) is 5.43. The number of carbonyl (C=O) groups is 2. The largest absolute Gasteiger partial charge is 0.487 e. The molecule has 0 N–H and O–H groups in total. The van der Waals surface area contributed by atoms with Crippen molar-refractivity contribution in [1.82, 2.24) is 9.88 Å². The number of amides is 2. The summed E-state index contributed by atoms with van der Waals surface area (Å²) in [5, 5.41) is 0.777. The minimum Gasteiger partial charge on any atom is -0.487 e. The van der Waals surface area contributed by atoms with Gasteiger partial charge in [0.1, 0.15) is 29.4 Å². The molecule has 1 atom stereocenters. The lowest BCUT2D eigenvalue weighted by Crippen LogP contribution is -2.30. The van der Waals surface area contributed by atoms with Gasteiger partial charge in [0.05, 0.1) is 0 Å². The van der Waals surface area contributed by atoms with E-state index in [-0.39, 0.29) is 6.61 Å². The molecule has 1 saturated heterocycles. The van der Waals surface area contributed by atoms with E-state index in [9.17, 15) is 9.59 Å². The standard InChI is InChI=1S/C25H22N2O6/c1-3-11-27-24(28)22(33-25(27)29)21-12-17-9-10-18(13-20(17)32-21)30-14-19-15(2)31-23(26-19)16-7-5-4-6-8-16/h4-10,12-13,22H,3,11,14H2,1-2H3. The maximum atomic E-state index is 12.5. The Balaban J connectivity index is 1.31. The number of aromatic nitrogens is 1. The molecule has 33 heavy (non-hydrogen) atoms. The van der Waals surface area contributed by atoms with Crippen LogP contribution in [0.2, 0.25) is 0 Å². The number of carbonyl (C=O) groups excluding carboxylic acids is 2. The van der Waals surface area contributed by atoms with Crippen LogP contribution in [0.25, 0.3) is 22.4 Å². The molecule has 0 radical (unpaired) electrons. The van der Waals surface area contributed by atoms with Gasteiger partial charge < -0.3 is 18.3 Å². The fraction of sp³-hybridized carbons (Fsp3) is 0.240. The number of benzene rings is 2. The molecule has 8 heteroatoms. The number of fused-ring (bicyclic) bond motifs is 1. The molecule has 0 saturated carbocycles. The van der Waals surface area contributed by atoms with E-state index in [1.54, 1.807) is 18.2 Å². The lowest BCUT2D eigenvalue weighted by Gasteiger charge is -2.07. The van der Waals surface area contributed by atoms with Crippen molar-refractivity contribution < 1.29 is 27.9 Å². The van der Waals surface area contributed by atoms with Crippen molar-refractivity contribution in [2.45, 2.75) is 33.0 Å². The Morgan fingerprint density at radius 2 is 1.88 bits per heavy atom. The summed E-state index contributed by atoms with van der Waals surface area (Å²) in [6.45, 7) is 4.28. The monoisotopic (exact) mass is 446 g/mol. The van der Waals surface area contributed by atoms with E-state index in [0.29, 0.717) is 47.4 Å². The smallest absolute Gasteiger partial charge is 0.417 e. The number of cyclic esters (lactones) is 1. The first-order valence-electron chi connectivity index (χ1n) is 10.7. The Kier molecular flexibility index (Phi) is 5.34. The van der Waals surface area contributed by atoms with Gasteiger partial charge in [-0.15, -0.1) is 0 Å². The number of ether oxygens (including phenoxy) is 2. The van der Waals surface area contributed by atoms with Crippen LogP contribution in [-0.2, 0) is 16.1 Å². The average Bonchev–Trinajstić information content (AvgIpc) is 3.49. The lowest BCUT2D eigenvalue weighted by atomic mass is 10.2. The zero-order valence-corrected chi connectivity index (χ0v) is 18.2. The van der Waals surface area contributed by atoms with E-state index in [4.69, 9.17) is 18.3 Å². The summed E-state index contributed by atoms with van der Waals surface area (Å²) in [5.41, 5.74) is 2.13. The second-order valence-corrected chi connectivity index (χ2v) is 7.78. The highest BCUT2D eigenvalue weighted by atomic mass is 16.6. The van der Waals surface area contributed by atoms with Crippen LogP contribution in [0.15, 0.2) is 63.4 Å². The van der Waals surface area contributed by atoms with Gasteiger partial charge in [0.15, 0.2) is 5.76 Å². The third kappa shape index (κ3) is 3.95. The van der Waals surface area contributed by atoms with Crippen molar-refractivity contribution in [3.63, 3.8) is 0 Å². The lowest BCUT2D eigenvalue weighted by molar-refractivity contribution is -0.130. The molecule has 1 aliphatic rings. The Labute approximate surface area is 189 Å². The normalized spacial score (nSPS) is 15.9. The van der Waals surface area contributed by atoms with Gasteiger partial charge in [-0.3, -0.25) is 4.79 Å². The highest BCUT2D eigenvalue weighted by Crippen LogP contribution is 2.33. The van der Waals surface area contributed by atoms with Crippen molar-refractivity contribution in [3.05, 3.63) is 71.8 Å². The first-order valence-corrected chi connectivity index (χ1v) is 10.7. The van der Waals surface area contributed by atoms with Crippen molar-refractivity contribution in [1.29, 1.82) is 0 Å². The van der Waals surface area contributed by atoms with Crippen LogP contribution < -0.4 is 4.74 Å². The van der Waals surface area contributed by atoms with Crippen molar-refractivity contribution in [2.24, 2.45) is 0 Å². The number of rotatable bonds is 7. The van der Waals surface area contributed by atoms with Crippen LogP contribution >= 0.6 is 0 Å². The molecule has 8 nitrogen and oxygen atoms in total. The Morgan fingerprint density at radius 1 is 1.06 bits per heavy atom. The predicted octanol–water partition coefficient (Wildman–Crippen LogP) is 5.41. The molecule has 0 bridgehead atoms. The van der Waals surface area contributed by atoms with Gasteiger partial charge in [0.25, 0.3) is 5.91 Å². The molecule has 1 unspecified atom stereocenters. The first kappa shape index (κ1) is 20.8. The van der Waals surface area contributed by atoms with Crippen molar-refractivity contribution in [3.8, 4) is 17.2 Å². The molecule has 1 fully saturated rings. The fourth-order valence-electron chi connectivity index (χ4n) is 3.72. The summed E-state index contributed by atoms with van der Waals surface area (Å²) >= 11 is 0. The summed E-state index contributed by atoms with van der Waals surface area (Å²) in [6.07, 6.45) is -1.05. The maximum absolute atomic E-state index is 12.5. The Hall–Kier alpha value is -4.07. The van der Waals surface area contributed by atoms with E-state index in [2.05, 4.69) is 4.98 Å². The van der Waals surface area contributed by atoms with Crippen molar-refractivity contribution >= 4 is 23.0 Å². The summed E-state index contributed by atoms with van der Waals surface area (Å²) in [5.74, 6) is 1.70. The number of furan rings is 1. The number of imide groups is 1. The number of hydrogen-bond donors (Lipinski definition) is 0. The van der Waals surface area contributed by atoms with Crippen LogP contribution in [0.3, 0.4) is 0 Å². The van der Waals surface area contributed by atoms with Crippen LogP contribution in [0.5, 0.6) is 5.75 Å². The third-order valence-corrected chi connectivity index (χ3v) is 5.43. The average molecular weight is 446 g/mol. The van der Waals surface area contributed by atoms with Crippen molar-refractivity contribution in [2.75, 3.05) is 6.54 Å². The second kappa shape index (κ2) is 8.46. The molecule has 2 aromatic heterocycles. The van der Waals surface area contributed by atoms with E-state index >= 15 is 0 Å². The molecular weight excluding hydrogens is 424 g/mol. The summed E-state index contributed by atoms with van der Waals surface area (Å²) in [4.78, 5) is 30.2. The Morgan fingerprint density at radius 3 is 2.67 bits per heavy atom. The van der Waals surface area contributed by atoms with Gasteiger partial charge in [-0.25, -0.2) is 14.7 Å². The number of hydrogen-bond acceptors (Lipinski definition) is 7. The summed E-state index contributed by atoms with van der Waals surface area (Å²) in [7, 11) is 0. The topological polar surface area (TPSA) is 95.0 Å². The predicted molar refractivity (Wildman–Crippen MR) is 118 cm³/mol. The summed E-state index contributed by atoms with van der Waals surface area (Å²) in [6, 6.07) is 16.7. The minimum absolute atomic E-state index is 0.228. The SMILES string of the molecule is CCCN1C(=O)OC(c2cc3ccc(OCc4nc(-c5ccccc5)oc4C)cc3o2)C1=O. The van der Waals surface area contributed by atoms with Crippen LogP contribution in [0.1, 0.15) is 36.7 Å². The van der Waals surface area contributed by atoms with Crippen LogP contribution in [0, 0.1) is 6.92 Å². The van der Waals surface area contributed by atoms with Gasteiger partial charge in [-0.05, 0) is 43.7 Å². The highest BCUT2D eigenvalue weighted by molar-refractivity contribution is 6.00. The molecule has 2 amide bonds. The maximum Gasteiger partial charge on any atom is 0.417 e. The van der Waals surface area contributed by atoms with E-state index in [0.717, 1.165) is 15.8 Å². The minimum atomic E-state index is -1.06. The second-order valence-electron chi connectivity index (χ2n) is 7.78.